The summed E-state index contributed by atoms with van der Waals surface area (Å²) < 4.78 is 16.3. The second kappa shape index (κ2) is 9.36. The van der Waals surface area contributed by atoms with Crippen molar-refractivity contribution in [1.29, 1.82) is 0 Å². The van der Waals surface area contributed by atoms with Crippen LogP contribution in [-0.2, 0) is 5.54 Å². The minimum atomic E-state index is 0.0296. The third-order valence-electron chi connectivity index (χ3n) is 4.51. The zero-order valence-corrected chi connectivity index (χ0v) is 17.2. The smallest absolute Gasteiger partial charge is 0.203 e. The Morgan fingerprint density at radius 3 is 2.24 bits per heavy atom. The standard InChI is InChI=1S/C19H27NO3S2/c1-6-19(20-2,17-8-7-10-25-17)9-11-24-14-12-15(21-3)18(23-5)16(13-14)22-4/h7-8,10,12-13,20H,6,9,11H2,1-5H3. The molecule has 0 saturated heterocycles. The van der Waals surface area contributed by atoms with E-state index in [2.05, 4.69) is 29.8 Å². The molecule has 0 aliphatic carbocycles. The van der Waals surface area contributed by atoms with Crippen molar-refractivity contribution in [3.05, 3.63) is 34.5 Å². The average molecular weight is 382 g/mol. The van der Waals surface area contributed by atoms with Crippen LogP contribution in [0.3, 0.4) is 0 Å². The molecule has 0 bridgehead atoms. The lowest BCUT2D eigenvalue weighted by Crippen LogP contribution is -2.39. The van der Waals surface area contributed by atoms with Crippen molar-refractivity contribution >= 4 is 23.1 Å². The summed E-state index contributed by atoms with van der Waals surface area (Å²) in [5.74, 6) is 3.01. The van der Waals surface area contributed by atoms with Crippen molar-refractivity contribution in [2.45, 2.75) is 30.2 Å². The first-order chi connectivity index (χ1) is 12.1. The van der Waals surface area contributed by atoms with E-state index in [1.807, 2.05) is 30.5 Å². The predicted molar refractivity (Wildman–Crippen MR) is 107 cm³/mol. The summed E-state index contributed by atoms with van der Waals surface area (Å²) in [5.41, 5.74) is 0.0296. The topological polar surface area (TPSA) is 39.7 Å². The Labute approximate surface area is 158 Å². The Morgan fingerprint density at radius 1 is 1.12 bits per heavy atom. The van der Waals surface area contributed by atoms with Gasteiger partial charge in [-0.1, -0.05) is 13.0 Å². The van der Waals surface area contributed by atoms with Crippen LogP contribution in [-0.4, -0.2) is 34.1 Å². The minimum absolute atomic E-state index is 0.0296. The van der Waals surface area contributed by atoms with Gasteiger partial charge < -0.3 is 19.5 Å². The van der Waals surface area contributed by atoms with E-state index in [9.17, 15) is 0 Å². The van der Waals surface area contributed by atoms with E-state index in [4.69, 9.17) is 14.2 Å². The van der Waals surface area contributed by atoms with Gasteiger partial charge in [-0.15, -0.1) is 23.1 Å². The van der Waals surface area contributed by atoms with Crippen molar-refractivity contribution in [3.63, 3.8) is 0 Å². The SMILES string of the molecule is CCC(CCSc1cc(OC)c(OC)c(OC)c1)(NC)c1cccs1. The first kappa shape index (κ1) is 19.9. The molecule has 2 aromatic rings. The molecule has 0 radical (unpaired) electrons. The summed E-state index contributed by atoms with van der Waals surface area (Å²) in [4.78, 5) is 2.50. The summed E-state index contributed by atoms with van der Waals surface area (Å²) in [6, 6.07) is 8.34. The third-order valence-corrected chi connectivity index (χ3v) is 6.56. The zero-order chi connectivity index (χ0) is 18.3. The number of ether oxygens (including phenoxy) is 3. The summed E-state index contributed by atoms with van der Waals surface area (Å²) >= 11 is 3.62. The van der Waals surface area contributed by atoms with Crippen LogP contribution in [0.5, 0.6) is 17.2 Å². The number of thioether (sulfide) groups is 1. The van der Waals surface area contributed by atoms with E-state index in [1.165, 1.54) is 4.88 Å². The zero-order valence-electron chi connectivity index (χ0n) is 15.5. The molecule has 0 aliphatic rings. The highest BCUT2D eigenvalue weighted by molar-refractivity contribution is 7.99. The second-order valence-corrected chi connectivity index (χ2v) is 7.74. The summed E-state index contributed by atoms with van der Waals surface area (Å²) in [6.45, 7) is 2.24. The van der Waals surface area contributed by atoms with Crippen molar-refractivity contribution in [3.8, 4) is 17.2 Å². The Balaban J connectivity index is 2.13. The largest absolute Gasteiger partial charge is 0.493 e. The van der Waals surface area contributed by atoms with Crippen LogP contribution < -0.4 is 19.5 Å². The van der Waals surface area contributed by atoms with Gasteiger partial charge in [-0.3, -0.25) is 0 Å². The van der Waals surface area contributed by atoms with Crippen molar-refractivity contribution in [1.82, 2.24) is 5.32 Å². The molecule has 4 nitrogen and oxygen atoms in total. The molecular weight excluding hydrogens is 354 g/mol. The molecule has 1 heterocycles. The molecule has 1 unspecified atom stereocenters. The number of thiophene rings is 1. The molecule has 25 heavy (non-hydrogen) atoms. The van der Waals surface area contributed by atoms with E-state index < -0.39 is 0 Å². The van der Waals surface area contributed by atoms with Crippen molar-refractivity contribution in [2.24, 2.45) is 0 Å². The van der Waals surface area contributed by atoms with Crippen LogP contribution in [0.25, 0.3) is 0 Å². The van der Waals surface area contributed by atoms with Gasteiger partial charge in [0.15, 0.2) is 11.5 Å². The Hall–Kier alpha value is -1.37. The highest BCUT2D eigenvalue weighted by Gasteiger charge is 2.29. The summed E-state index contributed by atoms with van der Waals surface area (Å²) in [5, 5.41) is 5.69. The van der Waals surface area contributed by atoms with Gasteiger partial charge in [0.05, 0.1) is 26.9 Å². The van der Waals surface area contributed by atoms with E-state index in [-0.39, 0.29) is 5.54 Å². The molecule has 0 aliphatic heterocycles. The Morgan fingerprint density at radius 2 is 1.80 bits per heavy atom. The Bertz CT molecular complexity index is 630. The number of hydrogen-bond acceptors (Lipinski definition) is 6. The lowest BCUT2D eigenvalue weighted by atomic mass is 9.91. The minimum Gasteiger partial charge on any atom is -0.493 e. The van der Waals surface area contributed by atoms with Crippen LogP contribution in [0, 0.1) is 0 Å². The van der Waals surface area contributed by atoms with E-state index in [0.717, 1.165) is 23.5 Å². The fourth-order valence-corrected chi connectivity index (χ4v) is 5.04. The maximum Gasteiger partial charge on any atom is 0.203 e. The third kappa shape index (κ3) is 4.43. The van der Waals surface area contributed by atoms with Crippen LogP contribution in [0.2, 0.25) is 0 Å². The van der Waals surface area contributed by atoms with Crippen LogP contribution in [0.1, 0.15) is 24.6 Å². The number of methoxy groups -OCH3 is 3. The molecule has 2 rings (SSSR count). The lowest BCUT2D eigenvalue weighted by molar-refractivity contribution is 0.323. The number of nitrogens with one attached hydrogen (secondary N) is 1. The maximum absolute atomic E-state index is 5.44. The number of hydrogen-bond donors (Lipinski definition) is 1. The van der Waals surface area contributed by atoms with Crippen molar-refractivity contribution in [2.75, 3.05) is 34.1 Å². The van der Waals surface area contributed by atoms with E-state index in [0.29, 0.717) is 17.2 Å². The molecule has 1 aromatic carbocycles. The predicted octanol–water partition coefficient (Wildman–Crippen LogP) is 4.78. The maximum atomic E-state index is 5.44. The first-order valence-electron chi connectivity index (χ1n) is 8.29. The highest BCUT2D eigenvalue weighted by atomic mass is 32.2. The fourth-order valence-electron chi connectivity index (χ4n) is 2.93. The van der Waals surface area contributed by atoms with E-state index >= 15 is 0 Å². The lowest BCUT2D eigenvalue weighted by Gasteiger charge is -2.31. The van der Waals surface area contributed by atoms with Gasteiger partial charge in [0.2, 0.25) is 5.75 Å². The average Bonchev–Trinajstić information content (AvgIpc) is 3.19. The van der Waals surface area contributed by atoms with Gasteiger partial charge >= 0.3 is 0 Å². The number of rotatable bonds is 10. The normalized spacial score (nSPS) is 13.3. The van der Waals surface area contributed by atoms with Crippen molar-refractivity contribution < 1.29 is 14.2 Å². The van der Waals surface area contributed by atoms with Gasteiger partial charge in [-0.05, 0) is 43.5 Å². The summed E-state index contributed by atoms with van der Waals surface area (Å²) in [6.07, 6.45) is 2.10. The summed E-state index contributed by atoms with van der Waals surface area (Å²) in [7, 11) is 6.96. The molecule has 6 heteroatoms. The molecule has 138 valence electrons. The first-order valence-corrected chi connectivity index (χ1v) is 10.2. The monoisotopic (exact) mass is 381 g/mol. The molecule has 1 atom stereocenters. The fraction of sp³-hybridized carbons (Fsp3) is 0.474. The van der Waals surface area contributed by atoms with Gasteiger partial charge in [-0.25, -0.2) is 0 Å². The van der Waals surface area contributed by atoms with Gasteiger partial charge in [0.1, 0.15) is 0 Å². The molecule has 0 saturated carbocycles. The highest BCUT2D eigenvalue weighted by Crippen LogP contribution is 2.42. The van der Waals surface area contributed by atoms with Crippen LogP contribution >= 0.6 is 23.1 Å². The molecule has 0 amide bonds. The molecule has 1 aromatic heterocycles. The van der Waals surface area contributed by atoms with Gasteiger partial charge in [-0.2, -0.15) is 0 Å². The molecule has 0 spiro atoms. The van der Waals surface area contributed by atoms with Gasteiger partial charge in [0.25, 0.3) is 0 Å². The molecule has 1 N–H and O–H groups in total. The van der Waals surface area contributed by atoms with Gasteiger partial charge in [0, 0.05) is 15.5 Å². The van der Waals surface area contributed by atoms with Crippen LogP contribution in [0.4, 0.5) is 0 Å². The van der Waals surface area contributed by atoms with Crippen LogP contribution in [0.15, 0.2) is 34.5 Å². The second-order valence-electron chi connectivity index (χ2n) is 5.62. The van der Waals surface area contributed by atoms with E-state index in [1.54, 1.807) is 33.1 Å². The molecular formula is C19H27NO3S2. The quantitative estimate of drug-likeness (QED) is 0.600. The molecule has 0 fully saturated rings. The Kier molecular flexibility index (Phi) is 7.47. The number of benzene rings is 1.